The molecule has 3 rings (SSSR count). The van der Waals surface area contributed by atoms with Gasteiger partial charge in [-0.1, -0.05) is 49.4 Å². The van der Waals surface area contributed by atoms with Gasteiger partial charge < -0.3 is 4.57 Å². The molecule has 0 bridgehead atoms. The second-order valence-corrected chi connectivity index (χ2v) is 6.79. The number of hydrogen-bond acceptors (Lipinski definition) is 3. The first-order valence-corrected chi connectivity index (χ1v) is 9.18. The molecule has 0 spiro atoms. The van der Waals surface area contributed by atoms with Crippen molar-refractivity contribution in [2.24, 2.45) is 0 Å². The van der Waals surface area contributed by atoms with E-state index in [2.05, 4.69) is 54.6 Å². The molecule has 0 amide bonds. The minimum Gasteiger partial charge on any atom is -0.323 e. The third-order valence-electron chi connectivity index (χ3n) is 4.23. The van der Waals surface area contributed by atoms with Crippen molar-refractivity contribution in [3.8, 4) is 0 Å². The zero-order valence-electron chi connectivity index (χ0n) is 14.0. The molecule has 0 unspecified atom stereocenters. The highest BCUT2D eigenvalue weighted by molar-refractivity contribution is 7.98. The SMILES string of the molecule is CCCCn1c(SCc2cccc3cccnc23)nc(C)c1C. The van der Waals surface area contributed by atoms with Crippen LogP contribution in [0.1, 0.15) is 36.7 Å². The highest BCUT2D eigenvalue weighted by atomic mass is 32.2. The molecule has 0 saturated carbocycles. The van der Waals surface area contributed by atoms with Gasteiger partial charge in [0.05, 0.1) is 11.2 Å². The average molecular weight is 325 g/mol. The molecule has 3 aromatic rings. The molecule has 4 heteroatoms. The Morgan fingerprint density at radius 1 is 1.13 bits per heavy atom. The van der Waals surface area contributed by atoms with E-state index in [1.54, 1.807) is 0 Å². The molecule has 0 fully saturated rings. The van der Waals surface area contributed by atoms with Crippen molar-refractivity contribution in [2.45, 2.75) is 51.1 Å². The van der Waals surface area contributed by atoms with E-state index in [9.17, 15) is 0 Å². The van der Waals surface area contributed by atoms with Crippen molar-refractivity contribution in [1.82, 2.24) is 14.5 Å². The van der Waals surface area contributed by atoms with Crippen LogP contribution in [0.25, 0.3) is 10.9 Å². The predicted molar refractivity (Wildman–Crippen MR) is 97.9 cm³/mol. The summed E-state index contributed by atoms with van der Waals surface area (Å²) in [5.74, 6) is 0.899. The van der Waals surface area contributed by atoms with Crippen LogP contribution in [0, 0.1) is 13.8 Å². The van der Waals surface area contributed by atoms with Gasteiger partial charge in [-0.05, 0) is 31.9 Å². The Bertz CT molecular complexity index is 802. The first-order valence-electron chi connectivity index (χ1n) is 8.20. The molecule has 2 aromatic heterocycles. The lowest BCUT2D eigenvalue weighted by Crippen LogP contribution is -2.02. The molecular formula is C19H23N3S. The van der Waals surface area contributed by atoms with E-state index in [0.29, 0.717) is 0 Å². The standard InChI is InChI=1S/C19H23N3S/c1-4-5-12-22-15(3)14(2)21-19(22)23-13-17-9-6-8-16-10-7-11-20-18(16)17/h6-11H,4-5,12-13H2,1-3H3. The minimum absolute atomic E-state index is 0.899. The van der Waals surface area contributed by atoms with E-state index in [-0.39, 0.29) is 0 Å². The lowest BCUT2D eigenvalue weighted by molar-refractivity contribution is 0.575. The average Bonchev–Trinajstić information content (AvgIpc) is 2.85. The molecular weight excluding hydrogens is 302 g/mol. The number of para-hydroxylation sites is 1. The topological polar surface area (TPSA) is 30.7 Å². The number of thioether (sulfide) groups is 1. The van der Waals surface area contributed by atoms with Crippen molar-refractivity contribution >= 4 is 22.7 Å². The summed E-state index contributed by atoms with van der Waals surface area (Å²) in [6.45, 7) is 7.55. The maximum Gasteiger partial charge on any atom is 0.168 e. The van der Waals surface area contributed by atoms with E-state index < -0.39 is 0 Å². The molecule has 0 atom stereocenters. The summed E-state index contributed by atoms with van der Waals surface area (Å²) in [5.41, 5.74) is 4.80. The predicted octanol–water partition coefficient (Wildman–Crippen LogP) is 5.14. The van der Waals surface area contributed by atoms with Gasteiger partial charge in [-0.3, -0.25) is 4.98 Å². The lowest BCUT2D eigenvalue weighted by Gasteiger charge is -2.10. The molecule has 120 valence electrons. The van der Waals surface area contributed by atoms with Crippen molar-refractivity contribution < 1.29 is 0 Å². The Balaban J connectivity index is 1.84. The summed E-state index contributed by atoms with van der Waals surface area (Å²) >= 11 is 1.81. The third-order valence-corrected chi connectivity index (χ3v) is 5.26. The summed E-state index contributed by atoms with van der Waals surface area (Å²) < 4.78 is 2.36. The Labute approximate surface area is 142 Å². The number of imidazole rings is 1. The molecule has 0 aliphatic heterocycles. The van der Waals surface area contributed by atoms with Gasteiger partial charge in [-0.2, -0.15) is 0 Å². The third kappa shape index (κ3) is 3.42. The minimum atomic E-state index is 0.899. The zero-order chi connectivity index (χ0) is 16.2. The van der Waals surface area contributed by atoms with Crippen molar-refractivity contribution in [3.63, 3.8) is 0 Å². The number of nitrogens with zero attached hydrogens (tertiary/aromatic N) is 3. The fourth-order valence-electron chi connectivity index (χ4n) is 2.74. The van der Waals surface area contributed by atoms with Crippen LogP contribution in [-0.4, -0.2) is 14.5 Å². The Hall–Kier alpha value is -1.81. The quantitative estimate of drug-likeness (QED) is 0.588. The normalized spacial score (nSPS) is 11.3. The smallest absolute Gasteiger partial charge is 0.168 e. The molecule has 3 nitrogen and oxygen atoms in total. The van der Waals surface area contributed by atoms with Crippen molar-refractivity contribution in [3.05, 3.63) is 53.5 Å². The van der Waals surface area contributed by atoms with E-state index in [1.807, 2.05) is 24.0 Å². The number of aromatic nitrogens is 3. The van der Waals surface area contributed by atoms with Crippen LogP contribution in [0.5, 0.6) is 0 Å². The maximum atomic E-state index is 4.76. The molecule has 0 aliphatic rings. The largest absolute Gasteiger partial charge is 0.323 e. The number of aryl methyl sites for hydroxylation is 1. The Morgan fingerprint density at radius 3 is 2.78 bits per heavy atom. The lowest BCUT2D eigenvalue weighted by atomic mass is 10.1. The van der Waals surface area contributed by atoms with Gasteiger partial charge in [-0.15, -0.1) is 0 Å². The molecule has 1 aromatic carbocycles. The highest BCUT2D eigenvalue weighted by Crippen LogP contribution is 2.27. The van der Waals surface area contributed by atoms with E-state index in [1.165, 1.54) is 29.5 Å². The molecule has 0 saturated heterocycles. The van der Waals surface area contributed by atoms with Gasteiger partial charge in [0.25, 0.3) is 0 Å². The Morgan fingerprint density at radius 2 is 1.96 bits per heavy atom. The summed E-state index contributed by atoms with van der Waals surface area (Å²) in [6.07, 6.45) is 4.26. The zero-order valence-corrected chi connectivity index (χ0v) is 14.9. The van der Waals surface area contributed by atoms with Gasteiger partial charge in [0.1, 0.15) is 0 Å². The molecule has 23 heavy (non-hydrogen) atoms. The van der Waals surface area contributed by atoms with Crippen LogP contribution in [-0.2, 0) is 12.3 Å². The second kappa shape index (κ2) is 7.18. The maximum absolute atomic E-state index is 4.76. The summed E-state index contributed by atoms with van der Waals surface area (Å²) in [6, 6.07) is 10.5. The first kappa shape index (κ1) is 16.1. The summed E-state index contributed by atoms with van der Waals surface area (Å²) in [5, 5.41) is 2.33. The summed E-state index contributed by atoms with van der Waals surface area (Å²) in [7, 11) is 0. The van der Waals surface area contributed by atoms with Crippen LogP contribution in [0.4, 0.5) is 0 Å². The number of rotatable bonds is 6. The van der Waals surface area contributed by atoms with Crippen LogP contribution < -0.4 is 0 Å². The number of hydrogen-bond donors (Lipinski definition) is 0. The molecule has 2 heterocycles. The molecule has 0 N–H and O–H groups in total. The number of unbranched alkanes of at least 4 members (excludes halogenated alkanes) is 1. The fourth-order valence-corrected chi connectivity index (χ4v) is 3.84. The number of fused-ring (bicyclic) bond motifs is 1. The molecule has 0 aliphatic carbocycles. The van der Waals surface area contributed by atoms with Gasteiger partial charge in [0.15, 0.2) is 5.16 Å². The van der Waals surface area contributed by atoms with Crippen LogP contribution in [0.15, 0.2) is 41.7 Å². The van der Waals surface area contributed by atoms with Crippen LogP contribution in [0.3, 0.4) is 0 Å². The van der Waals surface area contributed by atoms with Gasteiger partial charge in [0.2, 0.25) is 0 Å². The van der Waals surface area contributed by atoms with E-state index in [0.717, 1.165) is 28.7 Å². The monoisotopic (exact) mass is 325 g/mol. The molecule has 0 radical (unpaired) electrons. The van der Waals surface area contributed by atoms with Gasteiger partial charge in [-0.25, -0.2) is 4.98 Å². The van der Waals surface area contributed by atoms with Gasteiger partial charge in [0, 0.05) is 29.6 Å². The fraction of sp³-hybridized carbons (Fsp3) is 0.368. The first-order chi connectivity index (χ1) is 11.2. The van der Waals surface area contributed by atoms with Crippen LogP contribution >= 0.6 is 11.8 Å². The van der Waals surface area contributed by atoms with E-state index in [4.69, 9.17) is 4.98 Å². The van der Waals surface area contributed by atoms with E-state index >= 15 is 0 Å². The highest BCUT2D eigenvalue weighted by Gasteiger charge is 2.12. The van der Waals surface area contributed by atoms with Crippen molar-refractivity contribution in [2.75, 3.05) is 0 Å². The van der Waals surface area contributed by atoms with Gasteiger partial charge >= 0.3 is 0 Å². The van der Waals surface area contributed by atoms with Crippen LogP contribution in [0.2, 0.25) is 0 Å². The Kier molecular flexibility index (Phi) is 5.01. The second-order valence-electron chi connectivity index (χ2n) is 5.85. The number of benzene rings is 1. The summed E-state index contributed by atoms with van der Waals surface area (Å²) in [4.78, 5) is 9.31. The van der Waals surface area contributed by atoms with Crippen molar-refractivity contribution in [1.29, 1.82) is 0 Å². The number of pyridine rings is 1.